The van der Waals surface area contributed by atoms with Crippen LogP contribution in [0.1, 0.15) is 23.9 Å². The summed E-state index contributed by atoms with van der Waals surface area (Å²) in [6.45, 7) is 4.79. The maximum Gasteiger partial charge on any atom is 0.238 e. The average Bonchev–Trinajstić information content (AvgIpc) is 3.02. The minimum absolute atomic E-state index is 0.0108. The van der Waals surface area contributed by atoms with Gasteiger partial charge >= 0.3 is 0 Å². The molecule has 0 atom stereocenters. The number of carbonyl (C=O) groups is 1. The number of hydrogen-bond acceptors (Lipinski definition) is 4. The number of aromatic nitrogens is 1. The number of amides is 1. The second-order valence-corrected chi connectivity index (χ2v) is 6.81. The van der Waals surface area contributed by atoms with Gasteiger partial charge in [0.15, 0.2) is 0 Å². The summed E-state index contributed by atoms with van der Waals surface area (Å²) in [5.41, 5.74) is 6.19. The summed E-state index contributed by atoms with van der Waals surface area (Å²) in [5, 5.41) is 2.88. The molecule has 0 saturated heterocycles. The number of benzene rings is 2. The van der Waals surface area contributed by atoms with Crippen molar-refractivity contribution in [3.8, 4) is 0 Å². The number of nitrogens with zero attached hydrogens (tertiary/aromatic N) is 2. The Hall–Kier alpha value is -2.40. The van der Waals surface area contributed by atoms with Crippen LogP contribution in [0.5, 0.6) is 0 Å². The topological polar surface area (TPSA) is 45.2 Å². The van der Waals surface area contributed by atoms with E-state index in [1.54, 1.807) is 11.3 Å². The molecule has 0 bridgehead atoms. The lowest BCUT2D eigenvalue weighted by Crippen LogP contribution is -2.42. The molecule has 24 heavy (non-hydrogen) atoms. The first-order valence-corrected chi connectivity index (χ1v) is 8.95. The molecule has 0 unspecified atom stereocenters. The van der Waals surface area contributed by atoms with Gasteiger partial charge < -0.3 is 0 Å². The first-order valence-electron chi connectivity index (χ1n) is 8.14. The molecule has 4 nitrogen and oxygen atoms in total. The largest absolute Gasteiger partial charge is 0.286 e. The lowest BCUT2D eigenvalue weighted by atomic mass is 10.2. The Morgan fingerprint density at radius 1 is 1.17 bits per heavy atom. The van der Waals surface area contributed by atoms with E-state index in [-0.39, 0.29) is 5.91 Å². The molecule has 1 N–H and O–H groups in total. The van der Waals surface area contributed by atoms with Crippen LogP contribution in [0.25, 0.3) is 10.2 Å². The van der Waals surface area contributed by atoms with E-state index >= 15 is 0 Å². The molecule has 0 spiro atoms. The maximum absolute atomic E-state index is 12.3. The van der Waals surface area contributed by atoms with Gasteiger partial charge in [-0.1, -0.05) is 29.8 Å². The van der Waals surface area contributed by atoms with Crippen LogP contribution >= 0.6 is 11.3 Å². The van der Waals surface area contributed by atoms with E-state index in [9.17, 15) is 4.79 Å². The van der Waals surface area contributed by atoms with Gasteiger partial charge in [-0.2, -0.15) is 0 Å². The molecule has 0 aliphatic heterocycles. The number of carbonyl (C=O) groups excluding carboxylic acids is 1. The summed E-state index contributed by atoms with van der Waals surface area (Å²) in [4.78, 5) is 16.8. The Morgan fingerprint density at radius 3 is 2.62 bits per heavy atom. The third-order valence-corrected chi connectivity index (χ3v) is 4.92. The van der Waals surface area contributed by atoms with E-state index in [4.69, 9.17) is 0 Å². The Balaban J connectivity index is 1.58. The summed E-state index contributed by atoms with van der Waals surface area (Å²) in [5.74, 6) is 0.0108. The molecule has 0 aliphatic rings. The molecule has 5 heteroatoms. The van der Waals surface area contributed by atoms with Crippen LogP contribution in [-0.4, -0.2) is 17.4 Å². The van der Waals surface area contributed by atoms with Gasteiger partial charge in [0, 0.05) is 19.4 Å². The number of hydrazine groups is 1. The summed E-state index contributed by atoms with van der Waals surface area (Å²) in [7, 11) is 0. The van der Waals surface area contributed by atoms with Gasteiger partial charge in [-0.3, -0.25) is 15.2 Å². The van der Waals surface area contributed by atoms with Gasteiger partial charge in [0.25, 0.3) is 0 Å². The monoisotopic (exact) mass is 339 g/mol. The molecular formula is C19H21N3OS. The number of thiazole rings is 1. The van der Waals surface area contributed by atoms with Crippen molar-refractivity contribution in [3.05, 3.63) is 59.1 Å². The molecule has 2 aromatic carbocycles. The van der Waals surface area contributed by atoms with Crippen LogP contribution in [0.4, 0.5) is 5.69 Å². The Kier molecular flexibility index (Phi) is 5.11. The number of aryl methyl sites for hydroxylation is 2. The molecule has 1 amide bonds. The average molecular weight is 339 g/mol. The third-order valence-electron chi connectivity index (χ3n) is 3.83. The highest BCUT2D eigenvalue weighted by Gasteiger charge is 2.10. The predicted molar refractivity (Wildman–Crippen MR) is 100 cm³/mol. The first kappa shape index (κ1) is 16.5. The lowest BCUT2D eigenvalue weighted by Gasteiger charge is -2.23. The van der Waals surface area contributed by atoms with E-state index in [1.165, 1.54) is 10.3 Å². The molecule has 0 saturated carbocycles. The van der Waals surface area contributed by atoms with Gasteiger partial charge in [-0.25, -0.2) is 4.98 Å². The molecular weight excluding hydrogens is 318 g/mol. The second-order valence-electron chi connectivity index (χ2n) is 5.69. The molecule has 0 radical (unpaired) electrons. The molecule has 1 aromatic heterocycles. The van der Waals surface area contributed by atoms with Gasteiger partial charge in [0.2, 0.25) is 5.91 Å². The Morgan fingerprint density at radius 2 is 1.92 bits per heavy atom. The van der Waals surface area contributed by atoms with Crippen LogP contribution < -0.4 is 10.4 Å². The van der Waals surface area contributed by atoms with E-state index in [0.717, 1.165) is 22.8 Å². The number of fused-ring (bicyclic) bond motifs is 1. The fourth-order valence-corrected chi connectivity index (χ4v) is 3.47. The molecule has 1 heterocycles. The molecule has 0 aliphatic carbocycles. The van der Waals surface area contributed by atoms with Crippen molar-refractivity contribution in [1.82, 2.24) is 10.4 Å². The first-order chi connectivity index (χ1) is 11.7. The van der Waals surface area contributed by atoms with Crippen LogP contribution in [0.3, 0.4) is 0 Å². The molecule has 124 valence electrons. The maximum atomic E-state index is 12.3. The summed E-state index contributed by atoms with van der Waals surface area (Å²) in [6.07, 6.45) is 1.10. The summed E-state index contributed by atoms with van der Waals surface area (Å²) < 4.78 is 1.17. The van der Waals surface area contributed by atoms with Gasteiger partial charge in [0.05, 0.1) is 20.9 Å². The van der Waals surface area contributed by atoms with Gasteiger partial charge in [-0.05, 0) is 38.1 Å². The highest BCUT2D eigenvalue weighted by Crippen LogP contribution is 2.22. The van der Waals surface area contributed by atoms with Crippen molar-refractivity contribution < 1.29 is 4.79 Å². The number of rotatable bonds is 6. The molecule has 3 aromatic rings. The van der Waals surface area contributed by atoms with Crippen LogP contribution in [0, 0.1) is 6.92 Å². The van der Waals surface area contributed by atoms with E-state index in [1.807, 2.05) is 54.4 Å². The number of anilines is 1. The zero-order valence-electron chi connectivity index (χ0n) is 14.0. The summed E-state index contributed by atoms with van der Waals surface area (Å²) >= 11 is 1.66. The van der Waals surface area contributed by atoms with E-state index in [2.05, 4.69) is 23.4 Å². The summed E-state index contributed by atoms with van der Waals surface area (Å²) in [6, 6.07) is 16.2. The molecule has 3 rings (SSSR count). The number of hydrogen-bond donors (Lipinski definition) is 1. The standard InChI is InChI=1S/C19H21N3OS/c1-3-22(15-10-8-14(2)9-11-15)21-18(23)12-13-19-20-16-6-4-5-7-17(16)24-19/h4-11H,3,12-13H2,1-2H3,(H,21,23). The number of nitrogens with one attached hydrogen (secondary N) is 1. The van der Waals surface area contributed by atoms with Crippen molar-refractivity contribution in [3.63, 3.8) is 0 Å². The minimum atomic E-state index is 0.0108. The van der Waals surface area contributed by atoms with Gasteiger partial charge in [-0.15, -0.1) is 11.3 Å². The van der Waals surface area contributed by atoms with E-state index in [0.29, 0.717) is 12.8 Å². The molecule has 0 fully saturated rings. The predicted octanol–water partition coefficient (Wildman–Crippen LogP) is 4.10. The third kappa shape index (κ3) is 3.92. The van der Waals surface area contributed by atoms with Crippen molar-refractivity contribution in [2.24, 2.45) is 0 Å². The van der Waals surface area contributed by atoms with Crippen LogP contribution in [0.15, 0.2) is 48.5 Å². The quantitative estimate of drug-likeness (QED) is 0.688. The lowest BCUT2D eigenvalue weighted by molar-refractivity contribution is -0.121. The van der Waals surface area contributed by atoms with Crippen molar-refractivity contribution >= 4 is 33.1 Å². The SMILES string of the molecule is CCN(NC(=O)CCc1nc2ccccc2s1)c1ccc(C)cc1. The zero-order valence-corrected chi connectivity index (χ0v) is 14.8. The van der Waals surface area contributed by atoms with Crippen LogP contribution in [-0.2, 0) is 11.2 Å². The zero-order chi connectivity index (χ0) is 16.9. The van der Waals surface area contributed by atoms with Gasteiger partial charge in [0.1, 0.15) is 0 Å². The number of para-hydroxylation sites is 1. The van der Waals surface area contributed by atoms with Crippen molar-refractivity contribution in [1.29, 1.82) is 0 Å². The van der Waals surface area contributed by atoms with Crippen LogP contribution in [0.2, 0.25) is 0 Å². The van der Waals surface area contributed by atoms with Crippen molar-refractivity contribution in [2.75, 3.05) is 11.6 Å². The normalized spacial score (nSPS) is 10.8. The second kappa shape index (κ2) is 7.45. The fourth-order valence-electron chi connectivity index (χ4n) is 2.50. The van der Waals surface area contributed by atoms with Crippen molar-refractivity contribution in [2.45, 2.75) is 26.7 Å². The fraction of sp³-hybridized carbons (Fsp3) is 0.263. The highest BCUT2D eigenvalue weighted by atomic mass is 32.1. The minimum Gasteiger partial charge on any atom is -0.286 e. The Labute approximate surface area is 146 Å². The highest BCUT2D eigenvalue weighted by molar-refractivity contribution is 7.18. The van der Waals surface area contributed by atoms with E-state index < -0.39 is 0 Å². The Bertz CT molecular complexity index is 793. The smallest absolute Gasteiger partial charge is 0.238 e.